The molecule has 2 aromatic carbocycles. The van der Waals surface area contributed by atoms with Crippen molar-refractivity contribution >= 4 is 5.91 Å². The highest BCUT2D eigenvalue weighted by Gasteiger charge is 2.32. The molecule has 114 valence electrons. The minimum absolute atomic E-state index is 0.0263. The van der Waals surface area contributed by atoms with Gasteiger partial charge in [0.05, 0.1) is 6.42 Å². The summed E-state index contributed by atoms with van der Waals surface area (Å²) in [7, 11) is 0. The van der Waals surface area contributed by atoms with Crippen LogP contribution < -0.4 is 0 Å². The van der Waals surface area contributed by atoms with Crippen molar-refractivity contribution in [3.8, 4) is 0 Å². The Morgan fingerprint density at radius 2 is 1.41 bits per heavy atom. The number of carbonyl (C=O) groups is 1. The molecule has 0 N–H and O–H groups in total. The van der Waals surface area contributed by atoms with Crippen LogP contribution in [0.5, 0.6) is 0 Å². The summed E-state index contributed by atoms with van der Waals surface area (Å²) in [6.07, 6.45) is 2.28. The third-order valence-corrected chi connectivity index (χ3v) is 3.84. The maximum atomic E-state index is 13.0. The molecule has 0 radical (unpaired) electrons. The van der Waals surface area contributed by atoms with Crippen LogP contribution in [0, 0.1) is 11.6 Å². The molecule has 0 heterocycles. The fraction of sp³-hybridized carbons (Fsp3) is 0.278. The summed E-state index contributed by atoms with van der Waals surface area (Å²) in [4.78, 5) is 14.4. The van der Waals surface area contributed by atoms with E-state index in [4.69, 9.17) is 0 Å². The Balaban J connectivity index is 1.69. The number of halogens is 2. The van der Waals surface area contributed by atoms with Crippen LogP contribution in [0.25, 0.3) is 0 Å². The van der Waals surface area contributed by atoms with E-state index in [1.165, 1.54) is 24.3 Å². The monoisotopic (exact) mass is 301 g/mol. The Labute approximate surface area is 128 Å². The van der Waals surface area contributed by atoms with Gasteiger partial charge in [0.2, 0.25) is 5.91 Å². The number of hydrogen-bond donors (Lipinski definition) is 0. The molecule has 0 saturated heterocycles. The normalized spacial score (nSPS) is 13.9. The molecule has 0 unspecified atom stereocenters. The summed E-state index contributed by atoms with van der Waals surface area (Å²) in [5.41, 5.74) is 1.72. The first-order chi connectivity index (χ1) is 10.6. The summed E-state index contributed by atoms with van der Waals surface area (Å²) in [6.45, 7) is 0.491. The van der Waals surface area contributed by atoms with Crippen molar-refractivity contribution in [1.82, 2.24) is 4.90 Å². The van der Waals surface area contributed by atoms with E-state index in [1.807, 2.05) is 4.90 Å². The highest BCUT2D eigenvalue weighted by atomic mass is 19.1. The van der Waals surface area contributed by atoms with Crippen LogP contribution in [0.2, 0.25) is 0 Å². The van der Waals surface area contributed by atoms with Gasteiger partial charge in [-0.2, -0.15) is 0 Å². The Bertz CT molecular complexity index is 648. The first-order valence-electron chi connectivity index (χ1n) is 7.40. The molecule has 0 bridgehead atoms. The molecule has 1 amide bonds. The standard InChI is InChI=1S/C18H17F2NO/c19-15-5-1-13(2-6-15)11-18(22)21(17-9-10-17)12-14-3-7-16(20)8-4-14/h1-8,17H,9-12H2. The average Bonchev–Trinajstić information content (AvgIpc) is 3.33. The van der Waals surface area contributed by atoms with E-state index in [0.717, 1.165) is 24.0 Å². The van der Waals surface area contributed by atoms with Crippen molar-refractivity contribution in [2.24, 2.45) is 0 Å². The molecule has 1 fully saturated rings. The van der Waals surface area contributed by atoms with Crippen LogP contribution in [0.1, 0.15) is 24.0 Å². The molecule has 3 rings (SSSR count). The van der Waals surface area contributed by atoms with Crippen LogP contribution in [0.3, 0.4) is 0 Å². The second-order valence-corrected chi connectivity index (χ2v) is 5.68. The largest absolute Gasteiger partial charge is 0.335 e. The van der Waals surface area contributed by atoms with Gasteiger partial charge in [-0.3, -0.25) is 4.79 Å². The Morgan fingerprint density at radius 1 is 0.909 bits per heavy atom. The van der Waals surface area contributed by atoms with Crippen molar-refractivity contribution in [2.45, 2.75) is 31.8 Å². The lowest BCUT2D eigenvalue weighted by molar-refractivity contribution is -0.131. The van der Waals surface area contributed by atoms with E-state index in [-0.39, 0.29) is 30.0 Å². The zero-order chi connectivity index (χ0) is 15.5. The van der Waals surface area contributed by atoms with E-state index < -0.39 is 0 Å². The van der Waals surface area contributed by atoms with Gasteiger partial charge in [0.15, 0.2) is 0 Å². The van der Waals surface area contributed by atoms with Gasteiger partial charge in [-0.1, -0.05) is 24.3 Å². The van der Waals surface area contributed by atoms with Gasteiger partial charge in [-0.15, -0.1) is 0 Å². The SMILES string of the molecule is O=C(Cc1ccc(F)cc1)N(Cc1ccc(F)cc1)C1CC1. The molecule has 0 atom stereocenters. The highest BCUT2D eigenvalue weighted by Crippen LogP contribution is 2.29. The van der Waals surface area contributed by atoms with Crippen molar-refractivity contribution < 1.29 is 13.6 Å². The molecule has 0 aromatic heterocycles. The summed E-state index contributed by atoms with van der Waals surface area (Å²) < 4.78 is 25.9. The van der Waals surface area contributed by atoms with Crippen LogP contribution in [0.4, 0.5) is 8.78 Å². The topological polar surface area (TPSA) is 20.3 Å². The lowest BCUT2D eigenvalue weighted by Gasteiger charge is -2.22. The number of benzene rings is 2. The van der Waals surface area contributed by atoms with E-state index in [2.05, 4.69) is 0 Å². The van der Waals surface area contributed by atoms with Crippen molar-refractivity contribution in [3.63, 3.8) is 0 Å². The number of nitrogens with zero attached hydrogens (tertiary/aromatic N) is 1. The van der Waals surface area contributed by atoms with Crippen molar-refractivity contribution in [3.05, 3.63) is 71.3 Å². The van der Waals surface area contributed by atoms with Gasteiger partial charge in [0.1, 0.15) is 11.6 Å². The van der Waals surface area contributed by atoms with Gasteiger partial charge in [-0.05, 0) is 48.2 Å². The average molecular weight is 301 g/mol. The van der Waals surface area contributed by atoms with Crippen molar-refractivity contribution in [1.29, 1.82) is 0 Å². The number of hydrogen-bond acceptors (Lipinski definition) is 1. The number of amides is 1. The van der Waals surface area contributed by atoms with Crippen LogP contribution in [-0.4, -0.2) is 16.8 Å². The second-order valence-electron chi connectivity index (χ2n) is 5.68. The molecule has 0 spiro atoms. The van der Waals surface area contributed by atoms with Gasteiger partial charge in [0.25, 0.3) is 0 Å². The maximum absolute atomic E-state index is 13.0. The molecule has 22 heavy (non-hydrogen) atoms. The van der Waals surface area contributed by atoms with Gasteiger partial charge in [-0.25, -0.2) is 8.78 Å². The van der Waals surface area contributed by atoms with E-state index >= 15 is 0 Å². The molecule has 0 aliphatic heterocycles. The van der Waals surface area contributed by atoms with Crippen LogP contribution >= 0.6 is 0 Å². The fourth-order valence-corrected chi connectivity index (χ4v) is 2.47. The van der Waals surface area contributed by atoms with Crippen molar-refractivity contribution in [2.75, 3.05) is 0 Å². The Hall–Kier alpha value is -2.23. The molecule has 4 heteroatoms. The van der Waals surface area contributed by atoms with E-state index in [9.17, 15) is 13.6 Å². The first-order valence-corrected chi connectivity index (χ1v) is 7.40. The predicted octanol–water partition coefficient (Wildman–Crippen LogP) is 3.70. The smallest absolute Gasteiger partial charge is 0.227 e. The minimum Gasteiger partial charge on any atom is -0.335 e. The molecule has 1 aliphatic rings. The quantitative estimate of drug-likeness (QED) is 0.824. The zero-order valence-electron chi connectivity index (χ0n) is 12.1. The maximum Gasteiger partial charge on any atom is 0.227 e. The van der Waals surface area contributed by atoms with Gasteiger partial charge in [0, 0.05) is 12.6 Å². The highest BCUT2D eigenvalue weighted by molar-refractivity contribution is 5.79. The Kier molecular flexibility index (Phi) is 4.18. The molecule has 2 nitrogen and oxygen atoms in total. The summed E-state index contributed by atoms with van der Waals surface area (Å²) in [6, 6.07) is 12.5. The zero-order valence-corrected chi connectivity index (χ0v) is 12.1. The number of rotatable bonds is 5. The summed E-state index contributed by atoms with van der Waals surface area (Å²) in [5.74, 6) is -0.556. The lowest BCUT2D eigenvalue weighted by Crippen LogP contribution is -2.33. The second kappa shape index (κ2) is 6.26. The molecule has 1 aliphatic carbocycles. The number of carbonyl (C=O) groups excluding carboxylic acids is 1. The first kappa shape index (κ1) is 14.7. The molecular formula is C18H17F2NO. The molecular weight excluding hydrogens is 284 g/mol. The fourth-order valence-electron chi connectivity index (χ4n) is 2.47. The van der Waals surface area contributed by atoms with E-state index in [1.54, 1.807) is 24.3 Å². The summed E-state index contributed by atoms with van der Waals surface area (Å²) >= 11 is 0. The van der Waals surface area contributed by atoms with Gasteiger partial charge >= 0.3 is 0 Å². The van der Waals surface area contributed by atoms with Crippen LogP contribution in [0.15, 0.2) is 48.5 Å². The molecule has 1 saturated carbocycles. The Morgan fingerprint density at radius 3 is 1.91 bits per heavy atom. The summed E-state index contributed by atoms with van der Waals surface area (Å²) in [5, 5.41) is 0. The molecule has 2 aromatic rings. The van der Waals surface area contributed by atoms with Gasteiger partial charge < -0.3 is 4.90 Å². The minimum atomic E-state index is -0.304. The van der Waals surface area contributed by atoms with E-state index in [0.29, 0.717) is 6.54 Å². The van der Waals surface area contributed by atoms with Crippen LogP contribution in [-0.2, 0) is 17.8 Å². The third-order valence-electron chi connectivity index (χ3n) is 3.84. The predicted molar refractivity (Wildman–Crippen MR) is 80.1 cm³/mol. The third kappa shape index (κ3) is 3.70. The lowest BCUT2D eigenvalue weighted by atomic mass is 10.1.